The van der Waals surface area contributed by atoms with Crippen molar-refractivity contribution in [2.24, 2.45) is 0 Å². The molecule has 0 unspecified atom stereocenters. The number of esters is 2. The highest BCUT2D eigenvalue weighted by Crippen LogP contribution is 2.33. The van der Waals surface area contributed by atoms with Crippen molar-refractivity contribution in [3.05, 3.63) is 107 Å². The molecule has 0 amide bonds. The fourth-order valence-electron chi connectivity index (χ4n) is 3.03. The van der Waals surface area contributed by atoms with Crippen molar-refractivity contribution in [2.75, 3.05) is 6.61 Å². The van der Waals surface area contributed by atoms with Gasteiger partial charge in [-0.15, -0.1) is 0 Å². The van der Waals surface area contributed by atoms with Crippen LogP contribution in [-0.2, 0) is 19.9 Å². The number of carbonyl (C=O) groups excluding carboxylic acids is 2. The standard InChI is InChI=1S/C25H21FO5/c1-2-30-23(27)16-13-18-17-21(26)14-15-22(18)31-24(28)25(29,19-9-5-3-6-10-19)20-11-7-4-8-12-20/h3-17,29H,2H2,1H3/b16-13+. The zero-order valence-electron chi connectivity index (χ0n) is 16.8. The average Bonchev–Trinajstić information content (AvgIpc) is 2.80. The van der Waals surface area contributed by atoms with Crippen LogP contribution in [-0.4, -0.2) is 23.7 Å². The molecule has 0 spiro atoms. The first-order valence-corrected chi connectivity index (χ1v) is 9.65. The molecule has 0 aromatic heterocycles. The number of ether oxygens (including phenoxy) is 2. The lowest BCUT2D eigenvalue weighted by Crippen LogP contribution is -2.40. The molecule has 3 aromatic carbocycles. The van der Waals surface area contributed by atoms with E-state index >= 15 is 0 Å². The van der Waals surface area contributed by atoms with Gasteiger partial charge in [-0.1, -0.05) is 60.7 Å². The molecule has 31 heavy (non-hydrogen) atoms. The molecule has 5 nitrogen and oxygen atoms in total. The second-order valence-electron chi connectivity index (χ2n) is 6.60. The molecule has 0 bridgehead atoms. The summed E-state index contributed by atoms with van der Waals surface area (Å²) in [6, 6.07) is 20.2. The highest BCUT2D eigenvalue weighted by Gasteiger charge is 2.42. The topological polar surface area (TPSA) is 72.8 Å². The average molecular weight is 420 g/mol. The summed E-state index contributed by atoms with van der Waals surface area (Å²) in [6.45, 7) is 1.85. The van der Waals surface area contributed by atoms with Crippen molar-refractivity contribution in [3.8, 4) is 5.75 Å². The quantitative estimate of drug-likeness (QED) is 0.352. The first kappa shape index (κ1) is 21.9. The summed E-state index contributed by atoms with van der Waals surface area (Å²) in [5.41, 5.74) is -1.32. The van der Waals surface area contributed by atoms with Crippen LogP contribution in [0.2, 0.25) is 0 Å². The van der Waals surface area contributed by atoms with Gasteiger partial charge in [-0.3, -0.25) is 0 Å². The number of aliphatic hydroxyl groups is 1. The first-order valence-electron chi connectivity index (χ1n) is 9.65. The molecule has 0 aliphatic carbocycles. The lowest BCUT2D eigenvalue weighted by atomic mass is 9.86. The second-order valence-corrected chi connectivity index (χ2v) is 6.60. The van der Waals surface area contributed by atoms with Crippen LogP contribution in [0.1, 0.15) is 23.6 Å². The Kier molecular flexibility index (Phi) is 6.95. The van der Waals surface area contributed by atoms with E-state index in [1.54, 1.807) is 67.6 Å². The van der Waals surface area contributed by atoms with Gasteiger partial charge in [-0.25, -0.2) is 14.0 Å². The molecule has 0 heterocycles. The lowest BCUT2D eigenvalue weighted by Gasteiger charge is -2.27. The van der Waals surface area contributed by atoms with Crippen LogP contribution in [0.5, 0.6) is 5.75 Å². The Hall–Kier alpha value is -3.77. The van der Waals surface area contributed by atoms with Crippen LogP contribution in [0, 0.1) is 5.82 Å². The first-order chi connectivity index (χ1) is 14.9. The molecule has 1 N–H and O–H groups in total. The Morgan fingerprint density at radius 3 is 2.10 bits per heavy atom. The summed E-state index contributed by atoms with van der Waals surface area (Å²) in [5, 5.41) is 11.5. The molecule has 0 radical (unpaired) electrons. The maximum absolute atomic E-state index is 13.8. The molecule has 0 saturated carbocycles. The summed E-state index contributed by atoms with van der Waals surface area (Å²) in [4.78, 5) is 24.8. The minimum Gasteiger partial charge on any atom is -0.463 e. The minimum atomic E-state index is -2.10. The van der Waals surface area contributed by atoms with Crippen LogP contribution >= 0.6 is 0 Å². The number of rotatable bonds is 7. The van der Waals surface area contributed by atoms with Gasteiger partial charge >= 0.3 is 11.9 Å². The molecule has 0 aliphatic rings. The van der Waals surface area contributed by atoms with Crippen molar-refractivity contribution in [1.29, 1.82) is 0 Å². The summed E-state index contributed by atoms with van der Waals surface area (Å²) in [7, 11) is 0. The molecule has 0 aliphatic heterocycles. The van der Waals surface area contributed by atoms with E-state index in [1.165, 1.54) is 12.1 Å². The Bertz CT molecular complexity index is 1040. The van der Waals surface area contributed by atoms with E-state index in [4.69, 9.17) is 9.47 Å². The van der Waals surface area contributed by atoms with Crippen LogP contribution in [0.4, 0.5) is 4.39 Å². The van der Waals surface area contributed by atoms with Gasteiger partial charge in [0.15, 0.2) is 0 Å². The van der Waals surface area contributed by atoms with Gasteiger partial charge in [-0.2, -0.15) is 0 Å². The van der Waals surface area contributed by atoms with Crippen molar-refractivity contribution in [1.82, 2.24) is 0 Å². The third-order valence-electron chi connectivity index (χ3n) is 4.54. The maximum atomic E-state index is 13.8. The summed E-state index contributed by atoms with van der Waals surface area (Å²) >= 11 is 0. The van der Waals surface area contributed by atoms with E-state index in [-0.39, 0.29) is 17.9 Å². The van der Waals surface area contributed by atoms with E-state index in [0.29, 0.717) is 11.1 Å². The Labute approximate surface area is 179 Å². The Morgan fingerprint density at radius 2 is 1.55 bits per heavy atom. The third-order valence-corrected chi connectivity index (χ3v) is 4.54. The van der Waals surface area contributed by atoms with Gasteiger partial charge < -0.3 is 14.6 Å². The normalized spacial score (nSPS) is 11.3. The highest BCUT2D eigenvalue weighted by atomic mass is 19.1. The van der Waals surface area contributed by atoms with Gasteiger partial charge in [-0.05, 0) is 42.3 Å². The molecule has 6 heteroatoms. The largest absolute Gasteiger partial charge is 0.463 e. The van der Waals surface area contributed by atoms with Crippen molar-refractivity contribution in [3.63, 3.8) is 0 Å². The van der Waals surface area contributed by atoms with Gasteiger partial charge in [0.05, 0.1) is 6.61 Å². The molecule has 0 atom stereocenters. The molecule has 3 aromatic rings. The van der Waals surface area contributed by atoms with Crippen LogP contribution in [0.15, 0.2) is 84.9 Å². The van der Waals surface area contributed by atoms with Gasteiger partial charge in [0, 0.05) is 11.6 Å². The van der Waals surface area contributed by atoms with E-state index in [0.717, 1.165) is 18.2 Å². The molecule has 158 valence electrons. The lowest BCUT2D eigenvalue weighted by molar-refractivity contribution is -0.152. The predicted molar refractivity (Wildman–Crippen MR) is 114 cm³/mol. The van der Waals surface area contributed by atoms with E-state index in [2.05, 4.69) is 0 Å². The van der Waals surface area contributed by atoms with E-state index < -0.39 is 23.4 Å². The zero-order valence-corrected chi connectivity index (χ0v) is 16.8. The van der Waals surface area contributed by atoms with E-state index in [1.807, 2.05) is 0 Å². The fraction of sp³-hybridized carbons (Fsp3) is 0.120. The maximum Gasteiger partial charge on any atom is 0.353 e. The fourth-order valence-corrected chi connectivity index (χ4v) is 3.03. The SMILES string of the molecule is CCOC(=O)/C=C/c1cc(F)ccc1OC(=O)C(O)(c1ccccc1)c1ccccc1. The monoisotopic (exact) mass is 420 g/mol. The van der Waals surface area contributed by atoms with Gasteiger partial charge in [0.2, 0.25) is 5.60 Å². The highest BCUT2D eigenvalue weighted by molar-refractivity contribution is 5.90. The van der Waals surface area contributed by atoms with Crippen molar-refractivity contribution in [2.45, 2.75) is 12.5 Å². The second kappa shape index (κ2) is 9.82. The number of hydrogen-bond acceptors (Lipinski definition) is 5. The van der Waals surface area contributed by atoms with Gasteiger partial charge in [0.25, 0.3) is 0 Å². The Balaban J connectivity index is 1.99. The van der Waals surface area contributed by atoms with Crippen LogP contribution in [0.3, 0.4) is 0 Å². The minimum absolute atomic E-state index is 0.0164. The molecule has 0 saturated heterocycles. The van der Waals surface area contributed by atoms with Crippen molar-refractivity contribution < 1.29 is 28.6 Å². The zero-order chi connectivity index (χ0) is 22.3. The summed E-state index contributed by atoms with van der Waals surface area (Å²) < 4.78 is 24.1. The molecular weight excluding hydrogens is 399 g/mol. The molecule has 3 rings (SSSR count). The number of carbonyl (C=O) groups is 2. The Morgan fingerprint density at radius 1 is 0.968 bits per heavy atom. The van der Waals surface area contributed by atoms with E-state index in [9.17, 15) is 19.1 Å². The summed E-state index contributed by atoms with van der Waals surface area (Å²) in [6.07, 6.45) is 2.39. The van der Waals surface area contributed by atoms with Crippen molar-refractivity contribution >= 4 is 18.0 Å². The number of benzene rings is 3. The van der Waals surface area contributed by atoms with Crippen LogP contribution < -0.4 is 4.74 Å². The third kappa shape index (κ3) is 5.05. The predicted octanol–water partition coefficient (Wildman–Crippen LogP) is 4.24. The molecule has 0 fully saturated rings. The smallest absolute Gasteiger partial charge is 0.353 e. The van der Waals surface area contributed by atoms with Crippen LogP contribution in [0.25, 0.3) is 6.08 Å². The number of halogens is 1. The van der Waals surface area contributed by atoms with Gasteiger partial charge in [0.1, 0.15) is 11.6 Å². The summed E-state index contributed by atoms with van der Waals surface area (Å²) in [5.74, 6) is -2.18. The molecular formula is C25H21FO5. The number of hydrogen-bond donors (Lipinski definition) is 1.